The number of benzene rings is 1. The smallest absolute Gasteiger partial charge is 0.261 e. The van der Waals surface area contributed by atoms with Crippen molar-refractivity contribution in [3.63, 3.8) is 0 Å². The molecule has 0 fully saturated rings. The fourth-order valence-electron chi connectivity index (χ4n) is 1.68. The van der Waals surface area contributed by atoms with Gasteiger partial charge in [0.1, 0.15) is 5.75 Å². The van der Waals surface area contributed by atoms with Crippen molar-refractivity contribution in [3.05, 3.63) is 34.4 Å². The van der Waals surface area contributed by atoms with E-state index in [0.717, 1.165) is 0 Å². The van der Waals surface area contributed by atoms with Gasteiger partial charge in [0.2, 0.25) is 0 Å². The van der Waals surface area contributed by atoms with E-state index in [1.807, 2.05) is 0 Å². The van der Waals surface area contributed by atoms with Gasteiger partial charge in [0.25, 0.3) is 5.56 Å². The number of fused-ring (bicyclic) bond motifs is 1. The number of aryl methyl sites for hydroxylation is 1. The molecule has 0 bridgehead atoms. The average molecular weight is 232 g/mol. The summed E-state index contributed by atoms with van der Waals surface area (Å²) in [6, 6.07) is 3.14. The standard InChI is InChI=1S/C12H12N2O3/c1-7(15)8-4-10-9(5-11(8)17-3)12(16)14(2)6-13-10/h4-6H,1-3H3. The average Bonchev–Trinajstić information content (AvgIpc) is 2.32. The Bertz CT molecular complexity index is 659. The molecule has 1 aromatic heterocycles. The molecule has 2 rings (SSSR count). The van der Waals surface area contributed by atoms with Crippen molar-refractivity contribution in [2.24, 2.45) is 7.05 Å². The first-order valence-electron chi connectivity index (χ1n) is 5.09. The molecule has 0 spiro atoms. The summed E-state index contributed by atoms with van der Waals surface area (Å²) in [6.07, 6.45) is 1.43. The number of Topliss-reactive ketones (excluding diaryl/α,β-unsaturated/α-hetero) is 1. The van der Waals surface area contributed by atoms with Crippen LogP contribution in [0.3, 0.4) is 0 Å². The number of ether oxygens (including phenoxy) is 1. The number of hydrogen-bond donors (Lipinski definition) is 0. The molecule has 0 N–H and O–H groups in total. The minimum absolute atomic E-state index is 0.119. The van der Waals surface area contributed by atoms with Crippen LogP contribution >= 0.6 is 0 Å². The third-order valence-corrected chi connectivity index (χ3v) is 2.62. The zero-order valence-corrected chi connectivity index (χ0v) is 9.85. The lowest BCUT2D eigenvalue weighted by Crippen LogP contribution is -2.17. The molecule has 0 amide bonds. The van der Waals surface area contributed by atoms with E-state index < -0.39 is 0 Å². The number of rotatable bonds is 2. The van der Waals surface area contributed by atoms with Crippen LogP contribution in [0.4, 0.5) is 0 Å². The summed E-state index contributed by atoms with van der Waals surface area (Å²) in [4.78, 5) is 27.4. The third kappa shape index (κ3) is 1.80. The summed E-state index contributed by atoms with van der Waals surface area (Å²) in [7, 11) is 3.09. The number of nitrogens with zero attached hydrogens (tertiary/aromatic N) is 2. The number of aromatic nitrogens is 2. The molecular weight excluding hydrogens is 220 g/mol. The molecule has 0 aliphatic carbocycles. The lowest BCUT2D eigenvalue weighted by atomic mass is 10.1. The monoisotopic (exact) mass is 232 g/mol. The highest BCUT2D eigenvalue weighted by molar-refractivity contribution is 6.00. The second-order valence-corrected chi connectivity index (χ2v) is 3.79. The summed E-state index contributed by atoms with van der Waals surface area (Å²) in [5, 5.41) is 0.442. The van der Waals surface area contributed by atoms with E-state index in [9.17, 15) is 9.59 Å². The van der Waals surface area contributed by atoms with E-state index in [2.05, 4.69) is 4.98 Å². The highest BCUT2D eigenvalue weighted by Gasteiger charge is 2.12. The highest BCUT2D eigenvalue weighted by Crippen LogP contribution is 2.23. The van der Waals surface area contributed by atoms with Crippen LogP contribution in [0, 0.1) is 0 Å². The summed E-state index contributed by atoms with van der Waals surface area (Å²) >= 11 is 0. The minimum Gasteiger partial charge on any atom is -0.496 e. The molecule has 1 aromatic carbocycles. The van der Waals surface area contributed by atoms with Crippen LogP contribution in [0.2, 0.25) is 0 Å². The Morgan fingerprint density at radius 2 is 2.12 bits per heavy atom. The van der Waals surface area contributed by atoms with Gasteiger partial charge >= 0.3 is 0 Å². The second kappa shape index (κ2) is 4.01. The van der Waals surface area contributed by atoms with Gasteiger partial charge in [0.05, 0.1) is 29.9 Å². The SMILES string of the molecule is COc1cc2c(=O)n(C)cnc2cc1C(C)=O. The van der Waals surface area contributed by atoms with E-state index in [1.54, 1.807) is 19.2 Å². The van der Waals surface area contributed by atoms with Gasteiger partial charge in [-0.1, -0.05) is 0 Å². The maximum atomic E-state index is 11.9. The molecule has 5 heteroatoms. The van der Waals surface area contributed by atoms with Crippen molar-refractivity contribution in [1.82, 2.24) is 9.55 Å². The normalized spacial score (nSPS) is 10.5. The molecule has 5 nitrogen and oxygen atoms in total. The fourth-order valence-corrected chi connectivity index (χ4v) is 1.68. The summed E-state index contributed by atoms with van der Waals surface area (Å²) in [5.74, 6) is 0.279. The molecule has 0 atom stereocenters. The van der Waals surface area contributed by atoms with Crippen LogP contribution in [-0.2, 0) is 7.05 Å². The topological polar surface area (TPSA) is 61.2 Å². The molecule has 0 saturated carbocycles. The van der Waals surface area contributed by atoms with Gasteiger partial charge in [-0.2, -0.15) is 0 Å². The van der Waals surface area contributed by atoms with Crippen molar-refractivity contribution in [2.45, 2.75) is 6.92 Å². The molecule has 0 aliphatic rings. The van der Waals surface area contributed by atoms with Gasteiger partial charge in [-0.15, -0.1) is 0 Å². The maximum absolute atomic E-state index is 11.9. The fraction of sp³-hybridized carbons (Fsp3) is 0.250. The van der Waals surface area contributed by atoms with Crippen molar-refractivity contribution >= 4 is 16.7 Å². The quantitative estimate of drug-likeness (QED) is 0.728. The maximum Gasteiger partial charge on any atom is 0.261 e. The van der Waals surface area contributed by atoms with Crippen LogP contribution in [0.15, 0.2) is 23.3 Å². The number of carbonyl (C=O) groups is 1. The summed E-state index contributed by atoms with van der Waals surface area (Å²) in [6.45, 7) is 1.45. The number of ketones is 1. The predicted molar refractivity (Wildman–Crippen MR) is 63.5 cm³/mol. The van der Waals surface area contributed by atoms with E-state index in [1.165, 1.54) is 24.9 Å². The summed E-state index contributed by atoms with van der Waals surface area (Å²) in [5.41, 5.74) is 0.767. The highest BCUT2D eigenvalue weighted by atomic mass is 16.5. The first-order valence-corrected chi connectivity index (χ1v) is 5.09. The molecule has 17 heavy (non-hydrogen) atoms. The second-order valence-electron chi connectivity index (χ2n) is 3.79. The van der Waals surface area contributed by atoms with E-state index >= 15 is 0 Å². The van der Waals surface area contributed by atoms with Crippen molar-refractivity contribution < 1.29 is 9.53 Å². The molecular formula is C12H12N2O3. The van der Waals surface area contributed by atoms with E-state index in [-0.39, 0.29) is 11.3 Å². The van der Waals surface area contributed by atoms with Gasteiger partial charge in [-0.05, 0) is 19.1 Å². The zero-order chi connectivity index (χ0) is 12.6. The van der Waals surface area contributed by atoms with Crippen LogP contribution in [-0.4, -0.2) is 22.4 Å². The largest absolute Gasteiger partial charge is 0.496 e. The summed E-state index contributed by atoms with van der Waals surface area (Å²) < 4.78 is 6.50. The van der Waals surface area contributed by atoms with Gasteiger partial charge in [0, 0.05) is 7.05 Å². The minimum atomic E-state index is -0.164. The molecule has 2 aromatic rings. The Morgan fingerprint density at radius 3 is 2.71 bits per heavy atom. The van der Waals surface area contributed by atoms with Crippen LogP contribution in [0.1, 0.15) is 17.3 Å². The predicted octanol–water partition coefficient (Wildman–Crippen LogP) is 1.14. The molecule has 0 saturated heterocycles. The van der Waals surface area contributed by atoms with Crippen LogP contribution in [0.25, 0.3) is 10.9 Å². The van der Waals surface area contributed by atoms with Crippen molar-refractivity contribution in [1.29, 1.82) is 0 Å². The lowest BCUT2D eigenvalue weighted by molar-refractivity contribution is 0.101. The van der Waals surface area contributed by atoms with Crippen molar-refractivity contribution in [2.75, 3.05) is 7.11 Å². The first-order chi connectivity index (χ1) is 8.04. The van der Waals surface area contributed by atoms with E-state index in [0.29, 0.717) is 22.2 Å². The number of carbonyl (C=O) groups excluding carboxylic acids is 1. The molecule has 88 valence electrons. The van der Waals surface area contributed by atoms with Crippen LogP contribution < -0.4 is 10.3 Å². The Hall–Kier alpha value is -2.17. The Morgan fingerprint density at radius 1 is 1.41 bits per heavy atom. The Labute approximate surface area is 97.7 Å². The molecule has 1 heterocycles. The van der Waals surface area contributed by atoms with E-state index in [4.69, 9.17) is 4.74 Å². The van der Waals surface area contributed by atoms with Gasteiger partial charge in [-0.25, -0.2) is 4.98 Å². The third-order valence-electron chi connectivity index (χ3n) is 2.62. The molecule has 0 unspecified atom stereocenters. The van der Waals surface area contributed by atoms with Crippen molar-refractivity contribution in [3.8, 4) is 5.75 Å². The molecule has 0 radical (unpaired) electrons. The number of hydrogen-bond acceptors (Lipinski definition) is 4. The van der Waals surface area contributed by atoms with Crippen LogP contribution in [0.5, 0.6) is 5.75 Å². The van der Waals surface area contributed by atoms with Gasteiger partial charge < -0.3 is 9.30 Å². The Kier molecular flexibility index (Phi) is 2.67. The molecule has 0 aliphatic heterocycles. The van der Waals surface area contributed by atoms with Gasteiger partial charge in [-0.3, -0.25) is 9.59 Å². The lowest BCUT2D eigenvalue weighted by Gasteiger charge is -2.07. The first kappa shape index (κ1) is 11.3. The zero-order valence-electron chi connectivity index (χ0n) is 9.85. The Balaban J connectivity index is 2.88. The number of methoxy groups -OCH3 is 1. The van der Waals surface area contributed by atoms with Gasteiger partial charge in [0.15, 0.2) is 5.78 Å².